The second kappa shape index (κ2) is 23.8. The van der Waals surface area contributed by atoms with Crippen LogP contribution in [0.2, 0.25) is 0 Å². The quantitative estimate of drug-likeness (QED) is 0.0921. The van der Waals surface area contributed by atoms with Gasteiger partial charge in [0.05, 0.1) is 5.41 Å². The van der Waals surface area contributed by atoms with Crippen molar-refractivity contribution in [2.24, 2.45) is 5.41 Å². The molecule has 32 heavy (non-hydrogen) atoms. The summed E-state index contributed by atoms with van der Waals surface area (Å²) in [6.45, 7) is 12.1. The Kier molecular flexibility index (Phi) is 25.1. The lowest BCUT2D eigenvalue weighted by atomic mass is 9.72. The first-order chi connectivity index (χ1) is 15.5. The summed E-state index contributed by atoms with van der Waals surface area (Å²) >= 11 is 0. The van der Waals surface area contributed by atoms with Crippen LogP contribution in [0.5, 0.6) is 0 Å². The number of ether oxygens (including phenoxy) is 3. The lowest BCUT2D eigenvalue weighted by molar-refractivity contribution is -0.411. The number of rotatable bonds is 22. The standard InChI is InChI=1S/C26H54O3.C3H6/c1-7-10-12-14-16-17-19-21-24-25(22-9-3,26(27-4,28-5)29-6)23-20-18-15-13-11-8-2;1-3-2/h7-24H2,1-6H3;3H,1H2,2H3. The van der Waals surface area contributed by atoms with Crippen LogP contribution in [-0.2, 0) is 14.2 Å². The van der Waals surface area contributed by atoms with Crippen molar-refractivity contribution in [2.45, 2.75) is 149 Å². The van der Waals surface area contributed by atoms with Gasteiger partial charge in [0.15, 0.2) is 0 Å². The Morgan fingerprint density at radius 1 is 0.531 bits per heavy atom. The smallest absolute Gasteiger partial charge is 0.288 e. The molecule has 0 aromatic carbocycles. The fourth-order valence-corrected chi connectivity index (χ4v) is 5.05. The van der Waals surface area contributed by atoms with E-state index in [9.17, 15) is 0 Å². The first-order valence-electron chi connectivity index (χ1n) is 13.8. The van der Waals surface area contributed by atoms with Crippen molar-refractivity contribution in [3.8, 4) is 0 Å². The minimum absolute atomic E-state index is 0.0625. The van der Waals surface area contributed by atoms with Gasteiger partial charge in [-0.15, -0.1) is 6.58 Å². The molecule has 194 valence electrons. The van der Waals surface area contributed by atoms with E-state index in [0.29, 0.717) is 0 Å². The Balaban J connectivity index is 0. The van der Waals surface area contributed by atoms with Crippen LogP contribution in [0.1, 0.15) is 143 Å². The van der Waals surface area contributed by atoms with Gasteiger partial charge < -0.3 is 14.2 Å². The Morgan fingerprint density at radius 3 is 1.12 bits per heavy atom. The molecule has 0 N–H and O–H groups in total. The Hall–Kier alpha value is -0.380. The summed E-state index contributed by atoms with van der Waals surface area (Å²) in [6, 6.07) is 0. The number of allylic oxidation sites excluding steroid dienone is 1. The normalized spacial score (nSPS) is 13.3. The molecule has 0 aliphatic heterocycles. The minimum atomic E-state index is -0.923. The zero-order valence-corrected chi connectivity index (χ0v) is 23.2. The molecule has 0 saturated carbocycles. The maximum atomic E-state index is 5.93. The van der Waals surface area contributed by atoms with E-state index in [0.717, 1.165) is 25.7 Å². The van der Waals surface area contributed by atoms with Gasteiger partial charge in [-0.3, -0.25) is 0 Å². The van der Waals surface area contributed by atoms with Gasteiger partial charge in [0, 0.05) is 21.3 Å². The van der Waals surface area contributed by atoms with E-state index in [4.69, 9.17) is 14.2 Å². The van der Waals surface area contributed by atoms with Crippen LogP contribution in [0, 0.1) is 5.41 Å². The van der Waals surface area contributed by atoms with Gasteiger partial charge >= 0.3 is 0 Å². The molecule has 0 amide bonds. The van der Waals surface area contributed by atoms with Crippen molar-refractivity contribution in [1.29, 1.82) is 0 Å². The van der Waals surface area contributed by atoms with Gasteiger partial charge in [-0.05, 0) is 26.2 Å². The van der Waals surface area contributed by atoms with Gasteiger partial charge in [0.25, 0.3) is 5.97 Å². The lowest BCUT2D eigenvalue weighted by Crippen LogP contribution is -2.53. The van der Waals surface area contributed by atoms with Crippen LogP contribution in [0.3, 0.4) is 0 Å². The molecule has 0 rings (SSSR count). The molecule has 0 saturated heterocycles. The summed E-state index contributed by atoms with van der Waals surface area (Å²) in [4.78, 5) is 0. The third kappa shape index (κ3) is 14.0. The predicted octanol–water partition coefficient (Wildman–Crippen LogP) is 9.84. The first-order valence-corrected chi connectivity index (χ1v) is 13.8. The topological polar surface area (TPSA) is 27.7 Å². The Bertz CT molecular complexity index is 370. The van der Waals surface area contributed by atoms with E-state index < -0.39 is 5.97 Å². The first kappa shape index (κ1) is 33.8. The molecule has 1 atom stereocenters. The van der Waals surface area contributed by atoms with E-state index in [1.54, 1.807) is 27.4 Å². The lowest BCUT2D eigenvalue weighted by Gasteiger charge is -2.47. The van der Waals surface area contributed by atoms with Gasteiger partial charge in [0.1, 0.15) is 0 Å². The van der Waals surface area contributed by atoms with E-state index in [1.165, 1.54) is 89.9 Å². The molecule has 0 radical (unpaired) electrons. The average Bonchev–Trinajstić information content (AvgIpc) is 2.80. The van der Waals surface area contributed by atoms with E-state index in [-0.39, 0.29) is 5.41 Å². The third-order valence-electron chi connectivity index (χ3n) is 6.70. The second-order valence-corrected chi connectivity index (χ2v) is 9.35. The molecule has 0 spiro atoms. The highest BCUT2D eigenvalue weighted by Gasteiger charge is 2.52. The molecular formula is C29H60O3. The molecule has 0 aromatic rings. The van der Waals surface area contributed by atoms with Crippen LogP contribution in [-0.4, -0.2) is 27.3 Å². The highest BCUT2D eigenvalue weighted by atomic mass is 16.9. The predicted molar refractivity (Wildman–Crippen MR) is 142 cm³/mol. The van der Waals surface area contributed by atoms with Crippen molar-refractivity contribution >= 4 is 0 Å². The van der Waals surface area contributed by atoms with Crippen molar-refractivity contribution < 1.29 is 14.2 Å². The van der Waals surface area contributed by atoms with Crippen LogP contribution in [0.15, 0.2) is 12.7 Å². The maximum Gasteiger partial charge on any atom is 0.288 e. The molecule has 0 fully saturated rings. The van der Waals surface area contributed by atoms with E-state index in [1.807, 2.05) is 6.92 Å². The van der Waals surface area contributed by atoms with Gasteiger partial charge in [0.2, 0.25) is 0 Å². The Morgan fingerprint density at radius 2 is 0.844 bits per heavy atom. The highest BCUT2D eigenvalue weighted by molar-refractivity contribution is 4.88. The van der Waals surface area contributed by atoms with Gasteiger partial charge in [-0.1, -0.05) is 123 Å². The molecule has 0 bridgehead atoms. The summed E-state index contributed by atoms with van der Waals surface area (Å²) in [7, 11) is 5.23. The number of unbranched alkanes of at least 4 members (excludes halogenated alkanes) is 12. The third-order valence-corrected chi connectivity index (χ3v) is 6.70. The largest absolute Gasteiger partial charge is 0.330 e. The van der Waals surface area contributed by atoms with Crippen molar-refractivity contribution in [2.75, 3.05) is 21.3 Å². The van der Waals surface area contributed by atoms with Crippen molar-refractivity contribution in [3.05, 3.63) is 12.7 Å². The maximum absolute atomic E-state index is 5.93. The van der Waals surface area contributed by atoms with Gasteiger partial charge in [-0.2, -0.15) is 0 Å². The minimum Gasteiger partial charge on any atom is -0.330 e. The van der Waals surface area contributed by atoms with Crippen LogP contribution < -0.4 is 0 Å². The zero-order valence-electron chi connectivity index (χ0n) is 23.2. The van der Waals surface area contributed by atoms with Crippen LogP contribution in [0.4, 0.5) is 0 Å². The highest BCUT2D eigenvalue weighted by Crippen LogP contribution is 2.48. The second-order valence-electron chi connectivity index (χ2n) is 9.35. The Labute approximate surface area is 203 Å². The molecular weight excluding hydrogens is 396 g/mol. The van der Waals surface area contributed by atoms with Crippen molar-refractivity contribution in [1.82, 2.24) is 0 Å². The average molecular weight is 457 g/mol. The van der Waals surface area contributed by atoms with E-state index in [2.05, 4.69) is 27.4 Å². The van der Waals surface area contributed by atoms with Crippen LogP contribution >= 0.6 is 0 Å². The summed E-state index contributed by atoms with van der Waals surface area (Å²) in [5, 5.41) is 0. The monoisotopic (exact) mass is 456 g/mol. The summed E-state index contributed by atoms with van der Waals surface area (Å²) in [6.07, 6.45) is 24.9. The fraction of sp³-hybridized carbons (Fsp3) is 0.931. The molecule has 3 nitrogen and oxygen atoms in total. The summed E-state index contributed by atoms with van der Waals surface area (Å²) in [5.74, 6) is -0.923. The fourth-order valence-electron chi connectivity index (χ4n) is 5.05. The van der Waals surface area contributed by atoms with Crippen LogP contribution in [0.25, 0.3) is 0 Å². The number of methoxy groups -OCH3 is 3. The number of hydrogen-bond acceptors (Lipinski definition) is 3. The molecule has 3 heteroatoms. The van der Waals surface area contributed by atoms with Crippen molar-refractivity contribution in [3.63, 3.8) is 0 Å². The molecule has 0 aliphatic carbocycles. The van der Waals surface area contributed by atoms with Gasteiger partial charge in [-0.25, -0.2) is 0 Å². The summed E-state index contributed by atoms with van der Waals surface area (Å²) in [5.41, 5.74) is -0.0625. The zero-order chi connectivity index (χ0) is 24.6. The molecule has 1 unspecified atom stereocenters. The number of hydrogen-bond donors (Lipinski definition) is 0. The SMILES string of the molecule is C=CC.CCCCCCCCCCC(CCC)(CCCCCCCC)C(OC)(OC)OC. The molecule has 0 aliphatic rings. The van der Waals surface area contributed by atoms with E-state index >= 15 is 0 Å². The molecule has 0 aromatic heterocycles. The molecule has 0 heterocycles. The summed E-state index contributed by atoms with van der Waals surface area (Å²) < 4.78 is 17.8.